The molecule has 1 aromatic carbocycles. The van der Waals surface area contributed by atoms with E-state index in [-0.39, 0.29) is 6.03 Å². The number of fused-ring (bicyclic) bond motifs is 2. The van der Waals surface area contributed by atoms with Crippen LogP contribution >= 0.6 is 0 Å². The Balaban J connectivity index is 1.53. The number of hydrogen-bond donors (Lipinski definition) is 2. The van der Waals surface area contributed by atoms with Crippen molar-refractivity contribution in [2.75, 3.05) is 10.6 Å². The lowest BCUT2D eigenvalue weighted by molar-refractivity contribution is 0.262. The number of nitrogens with zero attached hydrogens (tertiary/aromatic N) is 3. The molecule has 0 unspecified atom stereocenters. The minimum absolute atomic E-state index is 0.276. The van der Waals surface area contributed by atoms with Crippen LogP contribution in [-0.2, 0) is 19.3 Å². The smallest absolute Gasteiger partial charge is 0.308 e. The van der Waals surface area contributed by atoms with Crippen molar-refractivity contribution < 1.29 is 4.79 Å². The Morgan fingerprint density at radius 1 is 1.21 bits per heavy atom. The molecule has 0 saturated carbocycles. The van der Waals surface area contributed by atoms with Crippen LogP contribution in [0.15, 0.2) is 36.5 Å². The zero-order valence-electron chi connectivity index (χ0n) is 13.5. The van der Waals surface area contributed by atoms with Gasteiger partial charge < -0.3 is 10.6 Å². The number of benzene rings is 1. The quantitative estimate of drug-likeness (QED) is 0.776. The second-order valence-electron chi connectivity index (χ2n) is 5.99. The molecule has 0 aliphatic heterocycles. The van der Waals surface area contributed by atoms with Gasteiger partial charge in [0.2, 0.25) is 0 Å². The molecule has 0 atom stereocenters. The van der Waals surface area contributed by atoms with Crippen LogP contribution in [0.2, 0.25) is 0 Å². The third-order valence-corrected chi connectivity index (χ3v) is 4.33. The number of aromatic nitrogens is 3. The molecule has 6 nitrogen and oxygen atoms in total. The molecule has 2 N–H and O–H groups in total. The van der Waals surface area contributed by atoms with Crippen molar-refractivity contribution in [3.05, 3.63) is 53.5 Å². The topological polar surface area (TPSA) is 71.3 Å². The van der Waals surface area contributed by atoms with Gasteiger partial charge in [0.1, 0.15) is 0 Å². The fourth-order valence-corrected chi connectivity index (χ4v) is 3.13. The monoisotopic (exact) mass is 321 g/mol. The summed E-state index contributed by atoms with van der Waals surface area (Å²) in [5.41, 5.74) is 4.83. The summed E-state index contributed by atoms with van der Waals surface area (Å²) in [6.07, 6.45) is 5.99. The molecule has 3 aromatic rings. The lowest BCUT2D eigenvalue weighted by atomic mass is 10.1. The second kappa shape index (κ2) is 5.96. The average Bonchev–Trinajstić information content (AvgIpc) is 3.20. The van der Waals surface area contributed by atoms with Gasteiger partial charge in [0.15, 0.2) is 11.5 Å². The van der Waals surface area contributed by atoms with Crippen LogP contribution in [0.25, 0.3) is 5.65 Å². The minimum atomic E-state index is -0.276. The zero-order valence-corrected chi connectivity index (χ0v) is 13.5. The summed E-state index contributed by atoms with van der Waals surface area (Å²) in [5.74, 6) is 0.753. The number of rotatable bonds is 3. The first-order valence-electron chi connectivity index (χ1n) is 8.27. The Kier molecular flexibility index (Phi) is 3.65. The van der Waals surface area contributed by atoms with Crippen molar-refractivity contribution >= 4 is 23.1 Å². The molecule has 4 rings (SSSR count). The second-order valence-corrected chi connectivity index (χ2v) is 5.99. The van der Waals surface area contributed by atoms with Gasteiger partial charge in [-0.15, -0.1) is 0 Å². The molecule has 122 valence electrons. The Morgan fingerprint density at radius 3 is 2.96 bits per heavy atom. The molecule has 0 saturated heterocycles. The maximum Gasteiger partial charge on any atom is 0.323 e. The molecule has 0 radical (unpaired) electrons. The number of anilines is 2. The summed E-state index contributed by atoms with van der Waals surface area (Å²) in [6.45, 7) is 2.00. The standard InChI is InChI=1S/C18H19N5O/c1-2-16-21-17-15(7-4-10-23(17)22-16)20-18(24)19-14-9-8-12-5-3-6-13(12)11-14/h4,7-11H,2-3,5-6H2,1H3,(H2,19,20,24). The van der Waals surface area contributed by atoms with E-state index in [2.05, 4.69) is 32.8 Å². The van der Waals surface area contributed by atoms with E-state index in [0.717, 1.165) is 30.8 Å². The molecule has 24 heavy (non-hydrogen) atoms. The summed E-state index contributed by atoms with van der Waals surface area (Å²) >= 11 is 0. The summed E-state index contributed by atoms with van der Waals surface area (Å²) in [5, 5.41) is 10.1. The van der Waals surface area contributed by atoms with Crippen molar-refractivity contribution in [1.82, 2.24) is 14.6 Å². The highest BCUT2D eigenvalue weighted by Gasteiger charge is 2.13. The van der Waals surface area contributed by atoms with Crippen molar-refractivity contribution in [2.24, 2.45) is 0 Å². The van der Waals surface area contributed by atoms with Crippen molar-refractivity contribution in [3.8, 4) is 0 Å². The SMILES string of the molecule is CCc1nc2c(NC(=O)Nc3ccc4c(c3)CCC4)cccn2n1. The first-order chi connectivity index (χ1) is 11.7. The van der Waals surface area contributed by atoms with Crippen molar-refractivity contribution in [1.29, 1.82) is 0 Å². The highest BCUT2D eigenvalue weighted by atomic mass is 16.2. The number of nitrogens with one attached hydrogen (secondary N) is 2. The zero-order chi connectivity index (χ0) is 16.5. The average molecular weight is 321 g/mol. The van der Waals surface area contributed by atoms with Crippen molar-refractivity contribution in [2.45, 2.75) is 32.6 Å². The summed E-state index contributed by atoms with van der Waals surface area (Å²) < 4.78 is 1.68. The van der Waals surface area contributed by atoms with Crippen LogP contribution < -0.4 is 10.6 Å². The number of carbonyl (C=O) groups excluding carboxylic acids is 1. The number of hydrogen-bond acceptors (Lipinski definition) is 3. The third kappa shape index (κ3) is 2.71. The van der Waals surface area contributed by atoms with E-state index in [0.29, 0.717) is 11.3 Å². The van der Waals surface area contributed by atoms with Gasteiger partial charge in [0.25, 0.3) is 0 Å². The number of amides is 2. The number of carbonyl (C=O) groups is 1. The fraction of sp³-hybridized carbons (Fsp3) is 0.278. The fourth-order valence-electron chi connectivity index (χ4n) is 3.13. The molecule has 1 aliphatic rings. The molecule has 1 aliphatic carbocycles. The summed E-state index contributed by atoms with van der Waals surface area (Å²) in [7, 11) is 0. The summed E-state index contributed by atoms with van der Waals surface area (Å²) in [6, 6.07) is 9.51. The van der Waals surface area contributed by atoms with Gasteiger partial charge in [-0.05, 0) is 54.7 Å². The Hall–Kier alpha value is -2.89. The predicted molar refractivity (Wildman–Crippen MR) is 93.5 cm³/mol. The lowest BCUT2D eigenvalue weighted by Gasteiger charge is -2.09. The van der Waals surface area contributed by atoms with Crippen LogP contribution in [-0.4, -0.2) is 20.6 Å². The van der Waals surface area contributed by atoms with Gasteiger partial charge >= 0.3 is 6.03 Å². The Labute approximate surface area is 139 Å². The van der Waals surface area contributed by atoms with Crippen LogP contribution in [0.5, 0.6) is 0 Å². The number of urea groups is 1. The predicted octanol–water partition coefficient (Wildman–Crippen LogP) is 3.42. The largest absolute Gasteiger partial charge is 0.323 e. The highest BCUT2D eigenvalue weighted by Crippen LogP contribution is 2.25. The molecule has 2 aromatic heterocycles. The van der Waals surface area contributed by atoms with E-state index < -0.39 is 0 Å². The van der Waals surface area contributed by atoms with Crippen LogP contribution in [0.4, 0.5) is 16.2 Å². The van der Waals surface area contributed by atoms with Crippen LogP contribution in [0.1, 0.15) is 30.3 Å². The van der Waals surface area contributed by atoms with Gasteiger partial charge in [0.05, 0.1) is 5.69 Å². The van der Waals surface area contributed by atoms with E-state index in [1.54, 1.807) is 4.52 Å². The van der Waals surface area contributed by atoms with E-state index in [1.807, 2.05) is 31.3 Å². The van der Waals surface area contributed by atoms with Crippen LogP contribution in [0, 0.1) is 0 Å². The normalized spacial score (nSPS) is 13.0. The molecule has 0 fully saturated rings. The van der Waals surface area contributed by atoms with Gasteiger partial charge in [-0.3, -0.25) is 0 Å². The molecule has 2 amide bonds. The maximum absolute atomic E-state index is 12.3. The van der Waals surface area contributed by atoms with E-state index in [4.69, 9.17) is 0 Å². The lowest BCUT2D eigenvalue weighted by Crippen LogP contribution is -2.20. The van der Waals surface area contributed by atoms with Crippen molar-refractivity contribution in [3.63, 3.8) is 0 Å². The molecule has 6 heteroatoms. The summed E-state index contributed by atoms with van der Waals surface area (Å²) in [4.78, 5) is 16.8. The van der Waals surface area contributed by atoms with E-state index in [1.165, 1.54) is 17.5 Å². The van der Waals surface area contributed by atoms with Gasteiger partial charge in [-0.2, -0.15) is 5.10 Å². The Bertz CT molecular complexity index is 915. The highest BCUT2D eigenvalue weighted by molar-refractivity contribution is 6.01. The van der Waals surface area contributed by atoms with Crippen LogP contribution in [0.3, 0.4) is 0 Å². The molecular formula is C18H19N5O. The first-order valence-corrected chi connectivity index (χ1v) is 8.27. The molecule has 0 bridgehead atoms. The van der Waals surface area contributed by atoms with Gasteiger partial charge in [-0.1, -0.05) is 13.0 Å². The number of pyridine rings is 1. The van der Waals surface area contributed by atoms with Gasteiger partial charge in [-0.25, -0.2) is 14.3 Å². The maximum atomic E-state index is 12.3. The van der Waals surface area contributed by atoms with Gasteiger partial charge in [0, 0.05) is 18.3 Å². The molecule has 0 spiro atoms. The third-order valence-electron chi connectivity index (χ3n) is 4.33. The minimum Gasteiger partial charge on any atom is -0.308 e. The first kappa shape index (κ1) is 14.7. The van der Waals surface area contributed by atoms with E-state index >= 15 is 0 Å². The number of aryl methyl sites for hydroxylation is 3. The molecular weight excluding hydrogens is 302 g/mol. The van der Waals surface area contributed by atoms with E-state index in [9.17, 15) is 4.79 Å². The Morgan fingerprint density at radius 2 is 2.08 bits per heavy atom. The molecule has 2 heterocycles.